The molecule has 0 heterocycles. The molecule has 8 heteroatoms. The summed E-state index contributed by atoms with van der Waals surface area (Å²) in [5, 5.41) is 16.6. The van der Waals surface area contributed by atoms with Gasteiger partial charge < -0.3 is 26.6 Å². The third-order valence-corrected chi connectivity index (χ3v) is 6.24. The molecule has 0 saturated heterocycles. The molecule has 2 rings (SSSR count). The van der Waals surface area contributed by atoms with Gasteiger partial charge in [0.1, 0.15) is 0 Å². The molecule has 1 unspecified atom stereocenters. The van der Waals surface area contributed by atoms with Gasteiger partial charge in [-0.2, -0.15) is 0 Å². The first-order chi connectivity index (χ1) is 20.8. The van der Waals surface area contributed by atoms with E-state index in [1.165, 1.54) is 17.5 Å². The van der Waals surface area contributed by atoms with Crippen LogP contribution in [0.3, 0.4) is 0 Å². The van der Waals surface area contributed by atoms with Crippen LogP contribution in [0.4, 0.5) is 0 Å². The fourth-order valence-corrected chi connectivity index (χ4v) is 4.11. The minimum atomic E-state index is 0.00927. The van der Waals surface area contributed by atoms with Gasteiger partial charge in [-0.1, -0.05) is 101 Å². The Hall–Kier alpha value is -2.87. The predicted molar refractivity (Wildman–Crippen MR) is 185 cm³/mol. The highest BCUT2D eigenvalue weighted by Gasteiger charge is 2.08. The molecule has 43 heavy (non-hydrogen) atoms. The maximum atomic E-state index is 12.2. The molecule has 0 fully saturated rings. The van der Waals surface area contributed by atoms with Crippen molar-refractivity contribution < 1.29 is 9.59 Å². The van der Waals surface area contributed by atoms with Gasteiger partial charge in [-0.3, -0.25) is 9.59 Å². The van der Waals surface area contributed by atoms with Gasteiger partial charge >= 0.3 is 0 Å². The molecule has 2 aromatic rings. The average Bonchev–Trinajstić information content (AvgIpc) is 2.98. The zero-order valence-electron chi connectivity index (χ0n) is 27.5. The summed E-state index contributed by atoms with van der Waals surface area (Å²) in [6.07, 6.45) is 9.06. The van der Waals surface area contributed by atoms with E-state index in [1.54, 1.807) is 0 Å². The maximum Gasteiger partial charge on any atom is 0.239 e. The van der Waals surface area contributed by atoms with Gasteiger partial charge in [0.2, 0.25) is 12.3 Å². The largest absolute Gasteiger partial charge is 0.379 e. The van der Waals surface area contributed by atoms with Crippen molar-refractivity contribution in [3.8, 4) is 0 Å². The van der Waals surface area contributed by atoms with Crippen molar-refractivity contribution >= 4 is 23.9 Å². The molecule has 2 amide bonds. The third-order valence-electron chi connectivity index (χ3n) is 5.98. The number of amides is 2. The van der Waals surface area contributed by atoms with Crippen molar-refractivity contribution in [2.24, 2.45) is 0 Å². The number of benzene rings is 2. The number of nitrogens with one attached hydrogen (secondary N) is 5. The third kappa shape index (κ3) is 24.3. The lowest BCUT2D eigenvalue weighted by atomic mass is 9.99. The van der Waals surface area contributed by atoms with Gasteiger partial charge in [0.25, 0.3) is 0 Å². The molecule has 7 nitrogen and oxygen atoms in total. The van der Waals surface area contributed by atoms with E-state index in [4.69, 9.17) is 11.6 Å². The first kappa shape index (κ1) is 40.1. The van der Waals surface area contributed by atoms with Crippen LogP contribution in [0.15, 0.2) is 66.4 Å². The van der Waals surface area contributed by atoms with Crippen molar-refractivity contribution in [3.05, 3.63) is 82.5 Å². The van der Waals surface area contributed by atoms with Crippen molar-refractivity contribution in [2.45, 2.75) is 92.2 Å². The van der Waals surface area contributed by atoms with E-state index in [0.717, 1.165) is 68.9 Å². The normalized spacial score (nSPS) is 11.4. The number of carbonyl (C=O) groups is 2. The number of carbonyl (C=O) groups excluding carboxylic acids is 2. The van der Waals surface area contributed by atoms with Gasteiger partial charge in [-0.25, -0.2) is 0 Å². The maximum absolute atomic E-state index is 12.2. The summed E-state index contributed by atoms with van der Waals surface area (Å²) in [6.45, 7) is 16.0. The second-order valence-electron chi connectivity index (χ2n) is 10.7. The van der Waals surface area contributed by atoms with Crippen molar-refractivity contribution in [1.29, 1.82) is 0 Å². The van der Waals surface area contributed by atoms with Gasteiger partial charge in [-0.05, 0) is 68.8 Å². The number of hydrogen-bond donors (Lipinski definition) is 5. The lowest BCUT2D eigenvalue weighted by molar-refractivity contribution is -0.120. The van der Waals surface area contributed by atoms with Crippen molar-refractivity contribution in [2.75, 3.05) is 32.7 Å². The number of rotatable bonds is 19. The SMILES string of the molecule is CCC.CCC=C(CNCCCc1ccccc1CCCNC=O)NCC(=O)NC(C)CNC(C)C.Clc1ccccc1. The minimum absolute atomic E-state index is 0.00927. The highest BCUT2D eigenvalue weighted by Crippen LogP contribution is 2.13. The molecule has 0 radical (unpaired) electrons. The fourth-order valence-electron chi connectivity index (χ4n) is 3.96. The van der Waals surface area contributed by atoms with Crippen LogP contribution in [0.25, 0.3) is 0 Å². The van der Waals surface area contributed by atoms with Crippen LogP contribution in [-0.2, 0) is 22.4 Å². The molecular formula is C35H58ClN5O2. The molecule has 0 spiro atoms. The Balaban J connectivity index is 0.00000149. The quantitative estimate of drug-likeness (QED) is 0.0983. The molecule has 0 saturated carbocycles. The van der Waals surface area contributed by atoms with Crippen LogP contribution in [0.5, 0.6) is 0 Å². The molecule has 0 aromatic heterocycles. The Bertz CT molecular complexity index is 985. The zero-order chi connectivity index (χ0) is 32.1. The highest BCUT2D eigenvalue weighted by molar-refractivity contribution is 6.30. The highest BCUT2D eigenvalue weighted by atomic mass is 35.5. The summed E-state index contributed by atoms with van der Waals surface area (Å²) in [7, 11) is 0. The Morgan fingerprint density at radius 3 is 1.95 bits per heavy atom. The van der Waals surface area contributed by atoms with E-state index >= 15 is 0 Å². The smallest absolute Gasteiger partial charge is 0.239 e. The summed E-state index contributed by atoms with van der Waals surface area (Å²) >= 11 is 5.54. The van der Waals surface area contributed by atoms with E-state index in [1.807, 2.05) is 37.3 Å². The summed E-state index contributed by atoms with van der Waals surface area (Å²) in [5.74, 6) is 0.00927. The van der Waals surface area contributed by atoms with E-state index in [-0.39, 0.29) is 18.5 Å². The zero-order valence-corrected chi connectivity index (χ0v) is 28.2. The number of allylic oxidation sites excluding steroid dienone is 1. The second-order valence-corrected chi connectivity index (χ2v) is 11.2. The number of halogens is 1. The molecule has 0 aliphatic carbocycles. The Morgan fingerprint density at radius 2 is 1.44 bits per heavy atom. The molecular weight excluding hydrogens is 558 g/mol. The van der Waals surface area contributed by atoms with E-state index in [9.17, 15) is 9.59 Å². The lowest BCUT2D eigenvalue weighted by Crippen LogP contribution is -2.45. The van der Waals surface area contributed by atoms with Gasteiger partial charge in [-0.15, -0.1) is 0 Å². The van der Waals surface area contributed by atoms with Crippen molar-refractivity contribution in [3.63, 3.8) is 0 Å². The Labute approximate surface area is 267 Å². The summed E-state index contributed by atoms with van der Waals surface area (Å²) < 4.78 is 0. The Kier molecular flexibility index (Phi) is 26.1. The number of aryl methyl sites for hydroxylation is 2. The van der Waals surface area contributed by atoms with Crippen LogP contribution in [0.1, 0.15) is 78.4 Å². The monoisotopic (exact) mass is 615 g/mol. The summed E-state index contributed by atoms with van der Waals surface area (Å²) in [4.78, 5) is 22.6. The predicted octanol–water partition coefficient (Wildman–Crippen LogP) is 6.03. The molecule has 242 valence electrons. The van der Waals surface area contributed by atoms with Gasteiger partial charge in [0.05, 0.1) is 6.54 Å². The Morgan fingerprint density at radius 1 is 0.860 bits per heavy atom. The molecule has 2 aromatic carbocycles. The van der Waals surface area contributed by atoms with Gasteiger partial charge in [0.15, 0.2) is 0 Å². The summed E-state index contributed by atoms with van der Waals surface area (Å²) in [5.41, 5.74) is 3.80. The lowest BCUT2D eigenvalue weighted by Gasteiger charge is -2.18. The molecule has 1 atom stereocenters. The molecule has 5 N–H and O–H groups in total. The average molecular weight is 616 g/mol. The fraction of sp³-hybridized carbons (Fsp3) is 0.543. The molecule has 0 aliphatic rings. The van der Waals surface area contributed by atoms with E-state index in [0.29, 0.717) is 12.6 Å². The number of hydrogen-bond acceptors (Lipinski definition) is 5. The van der Waals surface area contributed by atoms with Crippen LogP contribution < -0.4 is 26.6 Å². The van der Waals surface area contributed by atoms with Crippen LogP contribution in [0.2, 0.25) is 5.02 Å². The second kappa shape index (κ2) is 27.9. The first-order valence-corrected chi connectivity index (χ1v) is 16.3. The van der Waals surface area contributed by atoms with Crippen molar-refractivity contribution in [1.82, 2.24) is 26.6 Å². The van der Waals surface area contributed by atoms with Gasteiger partial charge in [0, 0.05) is 42.4 Å². The van der Waals surface area contributed by atoms with E-state index < -0.39 is 0 Å². The molecule has 0 aliphatic heterocycles. The summed E-state index contributed by atoms with van der Waals surface area (Å²) in [6, 6.07) is 18.5. The topological polar surface area (TPSA) is 94.3 Å². The van der Waals surface area contributed by atoms with E-state index in [2.05, 4.69) is 91.5 Å². The first-order valence-electron chi connectivity index (χ1n) is 15.9. The van der Waals surface area contributed by atoms with Crippen LogP contribution in [0, 0.1) is 0 Å². The molecule has 0 bridgehead atoms. The van der Waals surface area contributed by atoms with Crippen LogP contribution in [-0.4, -0.2) is 57.1 Å². The standard InChI is InChI=1S/C26H45N5O2.C6H5Cl.C3H8/c1-5-10-25(30-19-26(33)31-22(4)17-29-21(2)3)18-27-15-8-13-23-11-6-7-12-24(23)14-9-16-28-20-32;7-6-4-2-1-3-5-6;1-3-2/h6-7,10-12,20-22,27,29-30H,5,8-9,13-19H2,1-4H3,(H,28,32)(H,31,33);1-5H;3H2,1-2H3. The minimum Gasteiger partial charge on any atom is -0.379 e. The van der Waals surface area contributed by atoms with Crippen LogP contribution >= 0.6 is 11.6 Å².